The van der Waals surface area contributed by atoms with Crippen molar-refractivity contribution >= 4 is 10.9 Å². The molecule has 1 aliphatic heterocycles. The Morgan fingerprint density at radius 1 is 1.46 bits per heavy atom. The zero-order chi connectivity index (χ0) is 19.3. The number of nitrogens with two attached hydrogens (primary N) is 1. The van der Waals surface area contributed by atoms with Crippen LogP contribution in [0.1, 0.15) is 12.0 Å². The van der Waals surface area contributed by atoms with Gasteiger partial charge >= 0.3 is 0 Å². The van der Waals surface area contributed by atoms with Crippen LogP contribution in [0.3, 0.4) is 0 Å². The van der Waals surface area contributed by atoms with Crippen LogP contribution in [0.25, 0.3) is 10.9 Å². The van der Waals surface area contributed by atoms with Gasteiger partial charge in [0.1, 0.15) is 17.4 Å². The van der Waals surface area contributed by atoms with E-state index in [2.05, 4.69) is 23.9 Å². The van der Waals surface area contributed by atoms with E-state index in [4.69, 9.17) is 5.26 Å². The molecule has 3 rings (SSSR count). The van der Waals surface area contributed by atoms with E-state index >= 15 is 0 Å². The summed E-state index contributed by atoms with van der Waals surface area (Å²) in [5.41, 5.74) is 6.01. The van der Waals surface area contributed by atoms with Gasteiger partial charge in [-0.15, -0.1) is 0 Å². The first kappa shape index (κ1) is 19.3. The van der Waals surface area contributed by atoms with Crippen molar-refractivity contribution in [1.82, 2.24) is 9.88 Å². The van der Waals surface area contributed by atoms with E-state index < -0.39 is 30.7 Å². The topological polar surface area (TPSA) is 65.9 Å². The number of pyridine rings is 1. The van der Waals surface area contributed by atoms with E-state index in [1.807, 2.05) is 6.07 Å². The number of rotatable bonds is 3. The third kappa shape index (κ3) is 4.14. The van der Waals surface area contributed by atoms with E-state index in [1.54, 1.807) is 18.2 Å². The van der Waals surface area contributed by atoms with Gasteiger partial charge in [-0.3, -0.25) is 4.98 Å². The largest absolute Gasteiger partial charge is 0.405 e. The van der Waals surface area contributed by atoms with Gasteiger partial charge in [0, 0.05) is 30.1 Å². The van der Waals surface area contributed by atoms with E-state index in [1.165, 1.54) is 23.4 Å². The number of aromatic nitrogens is 1. The Morgan fingerprint density at radius 3 is 2.81 bits per heavy atom. The molecule has 0 bridgehead atoms. The number of para-hydroxylation sites is 1. The van der Waals surface area contributed by atoms with Crippen LogP contribution in [0.5, 0.6) is 0 Å². The second kappa shape index (κ2) is 7.91. The molecule has 1 atom stereocenters. The lowest BCUT2D eigenvalue weighted by atomic mass is 10.0. The van der Waals surface area contributed by atoms with Crippen molar-refractivity contribution in [3.8, 4) is 6.07 Å². The van der Waals surface area contributed by atoms with Gasteiger partial charge in [-0.25, -0.2) is 13.2 Å². The Bertz CT molecular complexity index is 857. The highest BCUT2D eigenvalue weighted by Crippen LogP contribution is 2.35. The van der Waals surface area contributed by atoms with Gasteiger partial charge in [0.05, 0.1) is 12.6 Å². The molecule has 1 aromatic heterocycles. The van der Waals surface area contributed by atoms with E-state index in [-0.39, 0.29) is 11.9 Å². The van der Waals surface area contributed by atoms with Crippen LogP contribution < -0.4 is 5.73 Å². The van der Waals surface area contributed by atoms with Crippen molar-refractivity contribution in [3.05, 3.63) is 66.9 Å². The molecule has 1 unspecified atom stereocenters. The molecular weight excluding hydrogens is 341 g/mol. The van der Waals surface area contributed by atoms with Crippen molar-refractivity contribution in [2.75, 3.05) is 6.54 Å². The Balaban J connectivity index is 0.000000758. The number of allylic oxidation sites excluding steroid dienone is 1. The second-order valence-electron chi connectivity index (χ2n) is 5.92. The Hall–Kier alpha value is -3.01. The first-order valence-electron chi connectivity index (χ1n) is 7.89. The number of alkyl halides is 2. The molecule has 1 aromatic carbocycles. The molecule has 7 heteroatoms. The van der Waals surface area contributed by atoms with Crippen molar-refractivity contribution in [2.24, 2.45) is 5.73 Å². The molecule has 2 heterocycles. The summed E-state index contributed by atoms with van der Waals surface area (Å²) < 4.78 is 40.9. The summed E-state index contributed by atoms with van der Waals surface area (Å²) >= 11 is 0. The summed E-state index contributed by atoms with van der Waals surface area (Å²) in [4.78, 5) is 5.35. The van der Waals surface area contributed by atoms with Crippen molar-refractivity contribution in [1.29, 1.82) is 5.26 Å². The second-order valence-corrected chi connectivity index (χ2v) is 5.92. The maximum atomic E-state index is 13.8. The summed E-state index contributed by atoms with van der Waals surface area (Å²) in [6.07, 6.45) is 2.50. The zero-order valence-electron chi connectivity index (χ0n) is 14.1. The van der Waals surface area contributed by atoms with Crippen LogP contribution in [-0.2, 0) is 6.42 Å². The minimum Gasteiger partial charge on any atom is -0.405 e. The highest BCUT2D eigenvalue weighted by Gasteiger charge is 2.45. The summed E-state index contributed by atoms with van der Waals surface area (Å²) in [5.74, 6) is -3.33. The molecular formula is C19H19F3N4. The number of hydrogen-bond acceptors (Lipinski definition) is 4. The van der Waals surface area contributed by atoms with Crippen LogP contribution >= 0.6 is 0 Å². The summed E-state index contributed by atoms with van der Waals surface area (Å²) in [7, 11) is 0. The smallest absolute Gasteiger partial charge is 0.268 e. The van der Waals surface area contributed by atoms with Gasteiger partial charge in [0.2, 0.25) is 0 Å². The molecule has 136 valence electrons. The van der Waals surface area contributed by atoms with Crippen LogP contribution in [0.15, 0.2) is 55.5 Å². The molecule has 0 aliphatic carbocycles. The fourth-order valence-corrected chi connectivity index (χ4v) is 2.94. The van der Waals surface area contributed by atoms with Gasteiger partial charge in [0.15, 0.2) is 0 Å². The predicted octanol–water partition coefficient (Wildman–Crippen LogP) is 3.75. The maximum Gasteiger partial charge on any atom is 0.268 e. The lowest BCUT2D eigenvalue weighted by molar-refractivity contribution is 0.0147. The van der Waals surface area contributed by atoms with E-state index in [0.717, 1.165) is 5.56 Å². The number of nitriles is 1. The van der Waals surface area contributed by atoms with Gasteiger partial charge in [-0.2, -0.15) is 5.26 Å². The fraction of sp³-hybridized carbons (Fsp3) is 0.263. The maximum absolute atomic E-state index is 13.8. The number of fused-ring (bicyclic) bond motifs is 1. The quantitative estimate of drug-likeness (QED) is 0.905. The molecule has 2 aromatic rings. The summed E-state index contributed by atoms with van der Waals surface area (Å²) in [6, 6.07) is 7.35. The number of nitrogens with zero attached hydrogens (tertiary/aromatic N) is 3. The molecule has 2 N–H and O–H groups in total. The third-order valence-corrected chi connectivity index (χ3v) is 4.03. The van der Waals surface area contributed by atoms with Crippen molar-refractivity contribution in [2.45, 2.75) is 24.8 Å². The Labute approximate surface area is 150 Å². The van der Waals surface area contributed by atoms with Gasteiger partial charge in [-0.05, 0) is 23.9 Å². The number of hydrogen-bond donors (Lipinski definition) is 1. The first-order chi connectivity index (χ1) is 12.3. The highest BCUT2D eigenvalue weighted by molar-refractivity contribution is 5.82. The highest BCUT2D eigenvalue weighted by atomic mass is 19.3. The van der Waals surface area contributed by atoms with Crippen molar-refractivity contribution in [3.63, 3.8) is 0 Å². The molecule has 26 heavy (non-hydrogen) atoms. The molecule has 1 saturated heterocycles. The molecule has 0 amide bonds. The molecule has 1 aliphatic rings. The lowest BCUT2D eigenvalue weighted by Crippen LogP contribution is -2.29. The summed E-state index contributed by atoms with van der Waals surface area (Å²) in [5, 5.41) is 9.68. The van der Waals surface area contributed by atoms with Crippen LogP contribution in [0, 0.1) is 17.1 Å². The standard InChI is InChI=1S/C17H14F3N3.C2H5N/c1-11(23-10-17(19,20)8-13(23)9-21)7-12-5-6-22-16-14(12)3-2-4-15(16)18;1-2-3/h2-6,13H,1,7-8,10H2;2H,1,3H2. The van der Waals surface area contributed by atoms with E-state index in [0.29, 0.717) is 11.1 Å². The lowest BCUT2D eigenvalue weighted by Gasteiger charge is -2.24. The average molecular weight is 360 g/mol. The first-order valence-corrected chi connectivity index (χ1v) is 7.89. The fourth-order valence-electron chi connectivity index (χ4n) is 2.94. The minimum atomic E-state index is -2.89. The molecule has 0 spiro atoms. The monoisotopic (exact) mass is 360 g/mol. The normalized spacial score (nSPS) is 17.9. The zero-order valence-corrected chi connectivity index (χ0v) is 14.1. The molecule has 0 radical (unpaired) electrons. The number of likely N-dealkylation sites (tertiary alicyclic amines) is 1. The molecule has 1 fully saturated rings. The van der Waals surface area contributed by atoms with Crippen LogP contribution in [0.4, 0.5) is 13.2 Å². The van der Waals surface area contributed by atoms with Gasteiger partial charge in [0.25, 0.3) is 5.92 Å². The minimum absolute atomic E-state index is 0.237. The predicted molar refractivity (Wildman–Crippen MR) is 94.6 cm³/mol. The van der Waals surface area contributed by atoms with Gasteiger partial charge in [-0.1, -0.05) is 25.3 Å². The van der Waals surface area contributed by atoms with Crippen molar-refractivity contribution < 1.29 is 13.2 Å². The third-order valence-electron chi connectivity index (χ3n) is 4.03. The van der Waals surface area contributed by atoms with E-state index in [9.17, 15) is 13.2 Å². The van der Waals surface area contributed by atoms with Crippen LogP contribution in [-0.4, -0.2) is 28.4 Å². The SMILES string of the molecule is C=C(Cc1ccnc2c(F)cccc12)N1CC(F)(F)CC1C#N.C=CN. The summed E-state index contributed by atoms with van der Waals surface area (Å²) in [6.45, 7) is 6.48. The Kier molecular flexibility index (Phi) is 5.88. The molecule has 0 saturated carbocycles. The number of halogens is 3. The average Bonchev–Trinajstić information content (AvgIpc) is 2.92. The van der Waals surface area contributed by atoms with Crippen LogP contribution in [0.2, 0.25) is 0 Å². The molecule has 4 nitrogen and oxygen atoms in total. The van der Waals surface area contributed by atoms with Gasteiger partial charge < -0.3 is 10.6 Å². The number of benzene rings is 1. The Morgan fingerprint density at radius 2 is 2.15 bits per heavy atom.